The number of hydrogen-bond donors (Lipinski definition) is 0. The highest BCUT2D eigenvalue weighted by molar-refractivity contribution is 7.07. The van der Waals surface area contributed by atoms with Crippen LogP contribution in [0.2, 0.25) is 5.02 Å². The van der Waals surface area contributed by atoms with Gasteiger partial charge in [-0.2, -0.15) is 0 Å². The van der Waals surface area contributed by atoms with Crippen LogP contribution in [0, 0.1) is 0 Å². The third-order valence-electron chi connectivity index (χ3n) is 6.04. The number of benzene rings is 2. The molecule has 35 heavy (non-hydrogen) atoms. The van der Waals surface area contributed by atoms with Crippen molar-refractivity contribution in [3.63, 3.8) is 0 Å². The van der Waals surface area contributed by atoms with E-state index in [-0.39, 0.29) is 12.2 Å². The molecule has 0 radical (unpaired) electrons. The van der Waals surface area contributed by atoms with Crippen LogP contribution >= 0.6 is 22.9 Å². The van der Waals surface area contributed by atoms with E-state index in [9.17, 15) is 9.59 Å². The number of allylic oxidation sites excluding steroid dienone is 1. The smallest absolute Gasteiger partial charge is 0.338 e. The Bertz CT molecular complexity index is 1450. The van der Waals surface area contributed by atoms with Gasteiger partial charge in [-0.25, -0.2) is 9.79 Å². The Morgan fingerprint density at radius 3 is 2.46 bits per heavy atom. The summed E-state index contributed by atoms with van der Waals surface area (Å²) >= 11 is 7.84. The maximum Gasteiger partial charge on any atom is 0.338 e. The van der Waals surface area contributed by atoms with E-state index >= 15 is 0 Å². The molecular weight excluding hydrogens is 482 g/mol. The summed E-state index contributed by atoms with van der Waals surface area (Å²) in [4.78, 5) is 34.0. The summed E-state index contributed by atoms with van der Waals surface area (Å²) in [5.41, 5.74) is 3.33. The normalized spacial score (nSPS) is 15.6. The van der Waals surface area contributed by atoms with Gasteiger partial charge in [0.05, 0.1) is 22.4 Å². The minimum atomic E-state index is -0.716. The Labute approximate surface area is 213 Å². The van der Waals surface area contributed by atoms with Crippen molar-refractivity contribution < 1.29 is 9.53 Å². The summed E-state index contributed by atoms with van der Waals surface area (Å²) in [6.45, 7) is 9.84. The number of ether oxygens (including phenoxy) is 1. The molecule has 0 unspecified atom stereocenters. The number of anilines is 1. The van der Waals surface area contributed by atoms with Gasteiger partial charge in [0.15, 0.2) is 4.80 Å². The number of halogens is 1. The number of hydrogen-bond acceptors (Lipinski definition) is 6. The average Bonchev–Trinajstić information content (AvgIpc) is 3.15. The molecule has 0 aliphatic carbocycles. The van der Waals surface area contributed by atoms with Crippen LogP contribution in [0.25, 0.3) is 6.08 Å². The topological polar surface area (TPSA) is 63.9 Å². The molecule has 0 saturated heterocycles. The molecule has 182 valence electrons. The first kappa shape index (κ1) is 24.9. The Morgan fingerprint density at radius 1 is 1.14 bits per heavy atom. The predicted molar refractivity (Wildman–Crippen MR) is 142 cm³/mol. The zero-order valence-corrected chi connectivity index (χ0v) is 21.8. The lowest BCUT2D eigenvalue weighted by Crippen LogP contribution is -2.40. The second kappa shape index (κ2) is 10.6. The number of carbonyl (C=O) groups is 1. The molecule has 1 aliphatic heterocycles. The SMILES string of the molecule is CCOC(=O)C1=C(C)N=c2s/c(=C\c3ccc(N(CC)CC)cc3)c(=O)n2[C@H]1c1ccccc1Cl. The molecular formula is C27H28ClN3O3S. The van der Waals surface area contributed by atoms with Crippen LogP contribution in [-0.2, 0) is 9.53 Å². The zero-order valence-electron chi connectivity index (χ0n) is 20.2. The molecule has 1 aliphatic rings. The first-order chi connectivity index (χ1) is 16.9. The van der Waals surface area contributed by atoms with E-state index < -0.39 is 12.0 Å². The molecule has 1 atom stereocenters. The van der Waals surface area contributed by atoms with Crippen molar-refractivity contribution in [1.82, 2.24) is 4.57 Å². The molecule has 4 rings (SSSR count). The molecule has 0 bridgehead atoms. The van der Waals surface area contributed by atoms with Gasteiger partial charge in [-0.15, -0.1) is 0 Å². The highest BCUT2D eigenvalue weighted by Crippen LogP contribution is 2.34. The number of nitrogens with zero attached hydrogens (tertiary/aromatic N) is 3. The largest absolute Gasteiger partial charge is 0.463 e. The molecule has 1 aromatic heterocycles. The van der Waals surface area contributed by atoms with Gasteiger partial charge in [-0.1, -0.05) is 53.3 Å². The van der Waals surface area contributed by atoms with Gasteiger partial charge in [-0.3, -0.25) is 9.36 Å². The number of aromatic nitrogens is 1. The monoisotopic (exact) mass is 509 g/mol. The van der Waals surface area contributed by atoms with E-state index in [1.165, 1.54) is 11.3 Å². The average molecular weight is 510 g/mol. The Kier molecular flexibility index (Phi) is 7.57. The summed E-state index contributed by atoms with van der Waals surface area (Å²) in [5.74, 6) is -0.500. The maximum absolute atomic E-state index is 13.7. The summed E-state index contributed by atoms with van der Waals surface area (Å²) < 4.78 is 7.42. The van der Waals surface area contributed by atoms with Crippen molar-refractivity contribution >= 4 is 40.7 Å². The molecule has 0 amide bonds. The van der Waals surface area contributed by atoms with Crippen molar-refractivity contribution in [2.24, 2.45) is 4.99 Å². The fraction of sp³-hybridized carbons (Fsp3) is 0.296. The molecule has 8 heteroatoms. The second-order valence-corrected chi connectivity index (χ2v) is 9.50. The Hall–Kier alpha value is -3.16. The van der Waals surface area contributed by atoms with Gasteiger partial charge in [-0.05, 0) is 63.1 Å². The molecule has 0 spiro atoms. The molecule has 0 saturated carbocycles. The molecule has 0 fully saturated rings. The van der Waals surface area contributed by atoms with Gasteiger partial charge >= 0.3 is 5.97 Å². The highest BCUT2D eigenvalue weighted by Gasteiger charge is 2.34. The molecule has 2 aromatic carbocycles. The summed E-state index contributed by atoms with van der Waals surface area (Å²) in [6, 6.07) is 14.7. The van der Waals surface area contributed by atoms with Crippen molar-refractivity contribution in [3.8, 4) is 0 Å². The van der Waals surface area contributed by atoms with E-state index in [1.54, 1.807) is 24.5 Å². The third kappa shape index (κ3) is 4.83. The fourth-order valence-electron chi connectivity index (χ4n) is 4.30. The van der Waals surface area contributed by atoms with Gasteiger partial charge in [0, 0.05) is 23.8 Å². The van der Waals surface area contributed by atoms with Crippen molar-refractivity contribution in [2.45, 2.75) is 33.7 Å². The zero-order chi connectivity index (χ0) is 25.1. The van der Waals surface area contributed by atoms with Crippen LogP contribution in [0.3, 0.4) is 0 Å². The molecule has 6 nitrogen and oxygen atoms in total. The molecule has 2 heterocycles. The first-order valence-electron chi connectivity index (χ1n) is 11.7. The first-order valence-corrected chi connectivity index (χ1v) is 12.9. The number of fused-ring (bicyclic) bond motifs is 1. The lowest BCUT2D eigenvalue weighted by Gasteiger charge is -2.25. The molecule has 3 aromatic rings. The fourth-order valence-corrected chi connectivity index (χ4v) is 5.59. The quantitative estimate of drug-likeness (QED) is 0.445. The Balaban J connectivity index is 1.87. The van der Waals surface area contributed by atoms with Gasteiger partial charge < -0.3 is 9.64 Å². The lowest BCUT2D eigenvalue weighted by atomic mass is 9.96. The van der Waals surface area contributed by atoms with Gasteiger partial charge in [0.1, 0.15) is 6.04 Å². The van der Waals surface area contributed by atoms with Crippen LogP contribution in [0.4, 0.5) is 5.69 Å². The van der Waals surface area contributed by atoms with Crippen LogP contribution in [0.15, 0.2) is 69.6 Å². The minimum Gasteiger partial charge on any atom is -0.463 e. The second-order valence-electron chi connectivity index (χ2n) is 8.09. The van der Waals surface area contributed by atoms with E-state index in [1.807, 2.05) is 36.4 Å². The van der Waals surface area contributed by atoms with E-state index in [0.717, 1.165) is 24.3 Å². The van der Waals surface area contributed by atoms with Crippen molar-refractivity contribution in [3.05, 3.63) is 95.6 Å². The number of carbonyl (C=O) groups excluding carboxylic acids is 1. The molecule has 0 N–H and O–H groups in total. The Morgan fingerprint density at radius 2 is 1.83 bits per heavy atom. The van der Waals surface area contributed by atoms with Crippen LogP contribution in [0.1, 0.15) is 44.9 Å². The number of thiazole rings is 1. The minimum absolute atomic E-state index is 0.221. The maximum atomic E-state index is 13.7. The lowest BCUT2D eigenvalue weighted by molar-refractivity contribution is -0.139. The summed E-state index contributed by atoms with van der Waals surface area (Å²) in [6.07, 6.45) is 1.86. The van der Waals surface area contributed by atoms with E-state index in [2.05, 4.69) is 35.9 Å². The van der Waals surface area contributed by atoms with Gasteiger partial charge in [0.2, 0.25) is 0 Å². The summed E-state index contributed by atoms with van der Waals surface area (Å²) in [5, 5.41) is 0.468. The summed E-state index contributed by atoms with van der Waals surface area (Å²) in [7, 11) is 0. The van der Waals surface area contributed by atoms with Crippen molar-refractivity contribution in [2.75, 3.05) is 24.6 Å². The van der Waals surface area contributed by atoms with Crippen LogP contribution in [0.5, 0.6) is 0 Å². The van der Waals surface area contributed by atoms with Crippen molar-refractivity contribution in [1.29, 1.82) is 0 Å². The highest BCUT2D eigenvalue weighted by atomic mass is 35.5. The van der Waals surface area contributed by atoms with Crippen LogP contribution in [-0.4, -0.2) is 30.2 Å². The standard InChI is InChI=1S/C27H28ClN3O3S/c1-5-30(6-2)19-14-12-18(13-15-19)16-22-25(32)31-24(20-10-8-9-11-21(20)28)23(26(33)34-7-3)17(4)29-27(31)35-22/h8-16,24H,5-7H2,1-4H3/b22-16-/t24-/m0/s1. The van der Waals surface area contributed by atoms with Gasteiger partial charge in [0.25, 0.3) is 5.56 Å². The van der Waals surface area contributed by atoms with E-state index in [0.29, 0.717) is 31.2 Å². The van der Waals surface area contributed by atoms with Crippen LogP contribution < -0.4 is 19.8 Å². The third-order valence-corrected chi connectivity index (χ3v) is 7.36. The predicted octanol–water partition coefficient (Wildman–Crippen LogP) is 4.30. The van der Waals surface area contributed by atoms with E-state index in [4.69, 9.17) is 16.3 Å². The number of rotatable bonds is 7. The number of esters is 1.